The SMILES string of the molecule is Nc1cnc(I)c(C(F)F)c1[N+](=O)[O-]. The van der Waals surface area contributed by atoms with Crippen LogP contribution < -0.4 is 5.73 Å². The molecule has 0 fully saturated rings. The number of anilines is 1. The number of alkyl halides is 2. The van der Waals surface area contributed by atoms with Gasteiger partial charge in [0.05, 0.1) is 11.1 Å². The predicted molar refractivity (Wildman–Crippen MR) is 53.0 cm³/mol. The lowest BCUT2D eigenvalue weighted by Crippen LogP contribution is -2.04. The number of rotatable bonds is 2. The maximum atomic E-state index is 12.4. The average molecular weight is 315 g/mol. The molecule has 0 aliphatic heterocycles. The number of nitrogens with two attached hydrogens (primary N) is 1. The van der Waals surface area contributed by atoms with E-state index in [0.29, 0.717) is 0 Å². The van der Waals surface area contributed by atoms with Crippen LogP contribution in [0.1, 0.15) is 12.0 Å². The molecule has 0 atom stereocenters. The first-order valence-corrected chi connectivity index (χ1v) is 4.39. The fourth-order valence-corrected chi connectivity index (χ4v) is 1.54. The summed E-state index contributed by atoms with van der Waals surface area (Å²) in [5.41, 5.74) is 3.34. The molecule has 76 valence electrons. The first kappa shape index (κ1) is 11.0. The Kier molecular flexibility index (Phi) is 3.13. The van der Waals surface area contributed by atoms with E-state index in [0.717, 1.165) is 6.20 Å². The van der Waals surface area contributed by atoms with Crippen LogP contribution in [0.2, 0.25) is 0 Å². The van der Waals surface area contributed by atoms with Gasteiger partial charge in [-0.05, 0) is 22.6 Å². The summed E-state index contributed by atoms with van der Waals surface area (Å²) < 4.78 is 24.7. The molecule has 0 spiro atoms. The molecule has 1 heterocycles. The number of nitrogen functional groups attached to an aromatic ring is 1. The minimum absolute atomic E-state index is 0.112. The smallest absolute Gasteiger partial charge is 0.305 e. The van der Waals surface area contributed by atoms with Crippen LogP contribution in [0, 0.1) is 13.8 Å². The lowest BCUT2D eigenvalue weighted by atomic mass is 10.2. The number of halogens is 3. The standard InChI is InChI=1S/C6H4F2IN3O2/c7-5(8)3-4(12(13)14)2(10)1-11-6(3)9/h1,5H,10H2. The zero-order valence-corrected chi connectivity index (χ0v) is 8.73. The number of pyridine rings is 1. The highest BCUT2D eigenvalue weighted by molar-refractivity contribution is 14.1. The Morgan fingerprint density at radius 1 is 1.64 bits per heavy atom. The zero-order chi connectivity index (χ0) is 10.9. The first-order valence-electron chi connectivity index (χ1n) is 3.31. The third-order valence-electron chi connectivity index (χ3n) is 1.47. The Morgan fingerprint density at radius 3 is 2.57 bits per heavy atom. The summed E-state index contributed by atoms with van der Waals surface area (Å²) in [6.07, 6.45) is -1.97. The van der Waals surface area contributed by atoms with Crippen molar-refractivity contribution < 1.29 is 13.7 Å². The molecule has 1 aromatic heterocycles. The topological polar surface area (TPSA) is 82.0 Å². The van der Waals surface area contributed by atoms with Crippen molar-refractivity contribution >= 4 is 34.0 Å². The van der Waals surface area contributed by atoms with Crippen LogP contribution in [0.25, 0.3) is 0 Å². The monoisotopic (exact) mass is 315 g/mol. The molecule has 0 saturated carbocycles. The lowest BCUT2D eigenvalue weighted by molar-refractivity contribution is -0.385. The molecule has 0 unspecified atom stereocenters. The van der Waals surface area contributed by atoms with Gasteiger partial charge in [0.25, 0.3) is 6.43 Å². The van der Waals surface area contributed by atoms with E-state index < -0.39 is 22.6 Å². The van der Waals surface area contributed by atoms with Gasteiger partial charge in [0, 0.05) is 0 Å². The molecule has 1 aromatic rings. The highest BCUT2D eigenvalue weighted by Gasteiger charge is 2.28. The fourth-order valence-electron chi connectivity index (χ4n) is 0.907. The van der Waals surface area contributed by atoms with Gasteiger partial charge in [-0.25, -0.2) is 13.8 Å². The van der Waals surface area contributed by atoms with E-state index in [1.165, 1.54) is 22.6 Å². The van der Waals surface area contributed by atoms with Crippen molar-refractivity contribution in [2.75, 3.05) is 5.73 Å². The summed E-state index contributed by atoms with van der Waals surface area (Å²) in [5, 5.41) is 10.5. The largest absolute Gasteiger partial charge is 0.392 e. The van der Waals surface area contributed by atoms with Gasteiger partial charge in [-0.15, -0.1) is 0 Å². The maximum Gasteiger partial charge on any atom is 0.305 e. The van der Waals surface area contributed by atoms with Crippen molar-refractivity contribution in [1.29, 1.82) is 0 Å². The maximum absolute atomic E-state index is 12.4. The van der Waals surface area contributed by atoms with Crippen molar-refractivity contribution in [3.63, 3.8) is 0 Å². The molecule has 0 aliphatic carbocycles. The van der Waals surface area contributed by atoms with Gasteiger partial charge < -0.3 is 5.73 Å². The summed E-state index contributed by atoms with van der Waals surface area (Å²) in [7, 11) is 0. The van der Waals surface area contributed by atoms with Crippen molar-refractivity contribution in [3.8, 4) is 0 Å². The van der Waals surface area contributed by atoms with E-state index in [1.807, 2.05) is 0 Å². The highest BCUT2D eigenvalue weighted by Crippen LogP contribution is 2.35. The second-order valence-corrected chi connectivity index (χ2v) is 3.35. The summed E-state index contributed by atoms with van der Waals surface area (Å²) >= 11 is 1.50. The molecular weight excluding hydrogens is 311 g/mol. The Balaban J connectivity index is 3.50. The third kappa shape index (κ3) is 1.89. The number of hydrogen-bond acceptors (Lipinski definition) is 4. The van der Waals surface area contributed by atoms with Gasteiger partial charge in [-0.1, -0.05) is 0 Å². The molecule has 0 bridgehead atoms. The average Bonchev–Trinajstić information content (AvgIpc) is 2.07. The molecule has 2 N–H and O–H groups in total. The summed E-state index contributed by atoms with van der Waals surface area (Å²) in [5.74, 6) is 0. The second-order valence-electron chi connectivity index (χ2n) is 2.32. The zero-order valence-electron chi connectivity index (χ0n) is 6.58. The minimum atomic E-state index is -2.96. The van der Waals surface area contributed by atoms with Gasteiger partial charge >= 0.3 is 5.69 Å². The van der Waals surface area contributed by atoms with Gasteiger partial charge in [-0.3, -0.25) is 10.1 Å². The van der Waals surface area contributed by atoms with E-state index in [2.05, 4.69) is 4.98 Å². The molecule has 0 aromatic carbocycles. The molecule has 0 aliphatic rings. The molecule has 8 heteroatoms. The van der Waals surface area contributed by atoms with E-state index in [4.69, 9.17) is 5.73 Å². The van der Waals surface area contributed by atoms with Crippen LogP contribution >= 0.6 is 22.6 Å². The van der Waals surface area contributed by atoms with E-state index >= 15 is 0 Å². The van der Waals surface area contributed by atoms with Crippen LogP contribution in [0.5, 0.6) is 0 Å². The predicted octanol–water partition coefficient (Wildman–Crippen LogP) is 2.11. The summed E-state index contributed by atoms with van der Waals surface area (Å²) in [6.45, 7) is 0. The van der Waals surface area contributed by atoms with Gasteiger partial charge in [0.1, 0.15) is 15.0 Å². The molecular formula is C6H4F2IN3O2. The van der Waals surface area contributed by atoms with Crippen LogP contribution in [0.3, 0.4) is 0 Å². The molecule has 0 saturated heterocycles. The quantitative estimate of drug-likeness (QED) is 0.392. The number of hydrogen-bond donors (Lipinski definition) is 1. The van der Waals surface area contributed by atoms with Crippen LogP contribution in [-0.2, 0) is 0 Å². The molecule has 14 heavy (non-hydrogen) atoms. The van der Waals surface area contributed by atoms with Crippen LogP contribution in [0.4, 0.5) is 20.2 Å². The molecule has 1 rings (SSSR count). The second kappa shape index (κ2) is 3.98. The Bertz CT molecular complexity index is 386. The van der Waals surface area contributed by atoms with E-state index in [-0.39, 0.29) is 9.39 Å². The Labute approximate surface area is 90.6 Å². The van der Waals surface area contributed by atoms with E-state index in [9.17, 15) is 18.9 Å². The van der Waals surface area contributed by atoms with Crippen molar-refractivity contribution in [2.24, 2.45) is 0 Å². The number of nitro groups is 1. The number of aromatic nitrogens is 1. The van der Waals surface area contributed by atoms with Crippen molar-refractivity contribution in [3.05, 3.63) is 25.6 Å². The number of nitrogens with zero attached hydrogens (tertiary/aromatic N) is 2. The van der Waals surface area contributed by atoms with Crippen molar-refractivity contribution in [1.82, 2.24) is 4.98 Å². The molecule has 5 nitrogen and oxygen atoms in total. The molecule has 0 radical (unpaired) electrons. The Morgan fingerprint density at radius 2 is 2.21 bits per heavy atom. The summed E-state index contributed by atoms with van der Waals surface area (Å²) in [4.78, 5) is 13.1. The van der Waals surface area contributed by atoms with E-state index in [1.54, 1.807) is 0 Å². The van der Waals surface area contributed by atoms with Gasteiger partial charge in [0.15, 0.2) is 0 Å². The first-order chi connectivity index (χ1) is 6.45. The minimum Gasteiger partial charge on any atom is -0.392 e. The van der Waals surface area contributed by atoms with Crippen LogP contribution in [0.15, 0.2) is 6.20 Å². The van der Waals surface area contributed by atoms with Gasteiger partial charge in [-0.2, -0.15) is 0 Å². The van der Waals surface area contributed by atoms with Gasteiger partial charge in [0.2, 0.25) is 0 Å². The Hall–Kier alpha value is -1.06. The molecule has 0 amide bonds. The van der Waals surface area contributed by atoms with Crippen LogP contribution in [-0.4, -0.2) is 9.91 Å². The highest BCUT2D eigenvalue weighted by atomic mass is 127. The fraction of sp³-hybridized carbons (Fsp3) is 0.167. The third-order valence-corrected chi connectivity index (χ3v) is 2.33. The summed E-state index contributed by atoms with van der Waals surface area (Å²) in [6, 6.07) is 0. The van der Waals surface area contributed by atoms with Crippen molar-refractivity contribution in [2.45, 2.75) is 6.43 Å². The lowest BCUT2D eigenvalue weighted by Gasteiger charge is -2.05. The normalized spacial score (nSPS) is 10.6.